The van der Waals surface area contributed by atoms with Gasteiger partial charge in [0.2, 0.25) is 5.91 Å². The minimum Gasteiger partial charge on any atom is -0.323 e. The number of amides is 3. The predicted octanol–water partition coefficient (Wildman–Crippen LogP) is 1.21. The molecule has 1 aliphatic carbocycles. The van der Waals surface area contributed by atoms with Gasteiger partial charge in [0.25, 0.3) is 0 Å². The second-order valence-corrected chi connectivity index (χ2v) is 5.54. The maximum Gasteiger partial charge on any atom is 0.324 e. The van der Waals surface area contributed by atoms with E-state index in [1.165, 1.54) is 19.3 Å². The lowest BCUT2D eigenvalue weighted by molar-refractivity contribution is -0.121. The van der Waals surface area contributed by atoms with Crippen molar-refractivity contribution in [2.45, 2.75) is 30.4 Å². The molecule has 1 aliphatic heterocycles. The van der Waals surface area contributed by atoms with Crippen LogP contribution in [0.3, 0.4) is 0 Å². The minimum atomic E-state index is -0.216. The fourth-order valence-electron chi connectivity index (χ4n) is 2.10. The Morgan fingerprint density at radius 1 is 1.47 bits per heavy atom. The number of nitrogens with one attached hydrogen (secondary N) is 1. The molecule has 1 saturated carbocycles. The van der Waals surface area contributed by atoms with Crippen molar-refractivity contribution in [2.75, 3.05) is 19.3 Å². The summed E-state index contributed by atoms with van der Waals surface area (Å²) in [4.78, 5) is 24.3. The first-order valence-electron chi connectivity index (χ1n) is 5.29. The van der Waals surface area contributed by atoms with Gasteiger partial charge in [0.15, 0.2) is 0 Å². The van der Waals surface area contributed by atoms with Crippen LogP contribution in [0.25, 0.3) is 0 Å². The molecule has 0 bridgehead atoms. The standard InChI is InChI=1S/C10H16N2O2S/c1-15-10(4-2-5-10)7-12-6-3-8(13)11-9(12)14/h2-7H2,1H3,(H,11,13,14). The van der Waals surface area contributed by atoms with Gasteiger partial charge in [-0.05, 0) is 19.1 Å². The molecule has 5 heteroatoms. The molecule has 15 heavy (non-hydrogen) atoms. The van der Waals surface area contributed by atoms with E-state index in [9.17, 15) is 9.59 Å². The number of urea groups is 1. The van der Waals surface area contributed by atoms with Crippen LogP contribution in [0.2, 0.25) is 0 Å². The number of nitrogens with zero attached hydrogens (tertiary/aromatic N) is 1. The number of thioether (sulfide) groups is 1. The van der Waals surface area contributed by atoms with Crippen LogP contribution in [0.15, 0.2) is 0 Å². The van der Waals surface area contributed by atoms with Gasteiger partial charge in [-0.1, -0.05) is 6.42 Å². The lowest BCUT2D eigenvalue weighted by Gasteiger charge is -2.44. The van der Waals surface area contributed by atoms with Gasteiger partial charge in [-0.15, -0.1) is 0 Å². The highest BCUT2D eigenvalue weighted by atomic mass is 32.2. The summed E-state index contributed by atoms with van der Waals surface area (Å²) in [5.74, 6) is -0.150. The van der Waals surface area contributed by atoms with Crippen LogP contribution in [0.4, 0.5) is 4.79 Å². The van der Waals surface area contributed by atoms with E-state index in [0.717, 1.165) is 6.54 Å². The van der Waals surface area contributed by atoms with Crippen molar-refractivity contribution in [1.82, 2.24) is 10.2 Å². The molecule has 0 radical (unpaired) electrons. The van der Waals surface area contributed by atoms with Crippen LogP contribution >= 0.6 is 11.8 Å². The molecule has 0 unspecified atom stereocenters. The van der Waals surface area contributed by atoms with E-state index in [2.05, 4.69) is 11.6 Å². The average Bonchev–Trinajstić information content (AvgIpc) is 2.14. The molecule has 1 heterocycles. The molecule has 1 N–H and O–H groups in total. The third-order valence-corrected chi connectivity index (χ3v) is 4.72. The van der Waals surface area contributed by atoms with E-state index in [-0.39, 0.29) is 16.7 Å². The van der Waals surface area contributed by atoms with Crippen LogP contribution in [0, 0.1) is 0 Å². The van der Waals surface area contributed by atoms with Gasteiger partial charge in [-0.2, -0.15) is 11.8 Å². The maximum atomic E-state index is 11.5. The third kappa shape index (κ3) is 2.12. The van der Waals surface area contributed by atoms with Crippen molar-refractivity contribution in [3.05, 3.63) is 0 Å². The predicted molar refractivity (Wildman–Crippen MR) is 59.8 cm³/mol. The van der Waals surface area contributed by atoms with E-state index >= 15 is 0 Å². The smallest absolute Gasteiger partial charge is 0.323 e. The zero-order chi connectivity index (χ0) is 10.9. The van der Waals surface area contributed by atoms with Crippen LogP contribution in [-0.2, 0) is 4.79 Å². The molecular formula is C10H16N2O2S. The Balaban J connectivity index is 1.94. The molecule has 1 saturated heterocycles. The third-order valence-electron chi connectivity index (χ3n) is 3.32. The molecule has 2 rings (SSSR count). The molecule has 0 aromatic carbocycles. The van der Waals surface area contributed by atoms with Crippen molar-refractivity contribution < 1.29 is 9.59 Å². The number of hydrogen-bond donors (Lipinski definition) is 1. The summed E-state index contributed by atoms with van der Waals surface area (Å²) in [6, 6.07) is -0.216. The molecule has 2 fully saturated rings. The zero-order valence-electron chi connectivity index (χ0n) is 8.91. The summed E-state index contributed by atoms with van der Waals surface area (Å²) < 4.78 is 0.262. The van der Waals surface area contributed by atoms with Gasteiger partial charge >= 0.3 is 6.03 Å². The highest BCUT2D eigenvalue weighted by Gasteiger charge is 2.39. The SMILES string of the molecule is CSC1(CN2CCC(=O)NC2=O)CCC1. The van der Waals surface area contributed by atoms with E-state index in [1.807, 2.05) is 11.8 Å². The molecule has 0 aromatic rings. The first kappa shape index (κ1) is 10.8. The van der Waals surface area contributed by atoms with Crippen LogP contribution in [0.5, 0.6) is 0 Å². The minimum absolute atomic E-state index is 0.150. The van der Waals surface area contributed by atoms with E-state index < -0.39 is 0 Å². The van der Waals surface area contributed by atoms with Gasteiger partial charge in [-0.25, -0.2) is 4.79 Å². The molecule has 0 aromatic heterocycles. The largest absolute Gasteiger partial charge is 0.324 e. The Kier molecular flexibility index (Phi) is 2.91. The Bertz CT molecular complexity index is 284. The van der Waals surface area contributed by atoms with Gasteiger partial charge in [-0.3, -0.25) is 10.1 Å². The summed E-state index contributed by atoms with van der Waals surface area (Å²) in [7, 11) is 0. The van der Waals surface area contributed by atoms with Crippen LogP contribution in [-0.4, -0.2) is 40.9 Å². The molecule has 84 valence electrons. The van der Waals surface area contributed by atoms with Crippen molar-refractivity contribution in [1.29, 1.82) is 0 Å². The summed E-state index contributed by atoms with van der Waals surface area (Å²) in [6.45, 7) is 1.36. The van der Waals surface area contributed by atoms with E-state index in [0.29, 0.717) is 13.0 Å². The Labute approximate surface area is 93.8 Å². The number of carbonyl (C=O) groups excluding carboxylic acids is 2. The number of carbonyl (C=O) groups is 2. The van der Waals surface area contributed by atoms with Gasteiger partial charge in [0.1, 0.15) is 0 Å². The fourth-order valence-corrected chi connectivity index (χ4v) is 3.08. The number of rotatable bonds is 3. The Morgan fingerprint density at radius 3 is 2.67 bits per heavy atom. The molecular weight excluding hydrogens is 212 g/mol. The number of imide groups is 1. The van der Waals surface area contributed by atoms with Crippen molar-refractivity contribution in [2.24, 2.45) is 0 Å². The topological polar surface area (TPSA) is 49.4 Å². The highest BCUT2D eigenvalue weighted by molar-refractivity contribution is 8.00. The van der Waals surface area contributed by atoms with Crippen molar-refractivity contribution >= 4 is 23.7 Å². The lowest BCUT2D eigenvalue weighted by atomic mass is 9.83. The van der Waals surface area contributed by atoms with Gasteiger partial charge in [0, 0.05) is 24.3 Å². The lowest BCUT2D eigenvalue weighted by Crippen LogP contribution is -2.55. The second-order valence-electron chi connectivity index (χ2n) is 4.27. The second kappa shape index (κ2) is 4.04. The van der Waals surface area contributed by atoms with Gasteiger partial charge in [0.05, 0.1) is 0 Å². The van der Waals surface area contributed by atoms with E-state index in [1.54, 1.807) is 4.90 Å². The van der Waals surface area contributed by atoms with Gasteiger partial charge < -0.3 is 4.90 Å². The quantitative estimate of drug-likeness (QED) is 0.790. The highest BCUT2D eigenvalue weighted by Crippen LogP contribution is 2.43. The fraction of sp³-hybridized carbons (Fsp3) is 0.800. The molecule has 3 amide bonds. The molecule has 0 atom stereocenters. The van der Waals surface area contributed by atoms with Crippen LogP contribution < -0.4 is 5.32 Å². The summed E-state index contributed by atoms with van der Waals surface area (Å²) >= 11 is 1.85. The summed E-state index contributed by atoms with van der Waals surface area (Å²) in [5.41, 5.74) is 0. The Morgan fingerprint density at radius 2 is 2.20 bits per heavy atom. The Hall–Kier alpha value is -0.710. The van der Waals surface area contributed by atoms with Crippen molar-refractivity contribution in [3.8, 4) is 0 Å². The van der Waals surface area contributed by atoms with Crippen molar-refractivity contribution in [3.63, 3.8) is 0 Å². The molecule has 0 spiro atoms. The van der Waals surface area contributed by atoms with Crippen LogP contribution in [0.1, 0.15) is 25.7 Å². The first-order valence-corrected chi connectivity index (χ1v) is 6.52. The number of hydrogen-bond acceptors (Lipinski definition) is 3. The van der Waals surface area contributed by atoms with E-state index in [4.69, 9.17) is 0 Å². The monoisotopic (exact) mass is 228 g/mol. The maximum absolute atomic E-state index is 11.5. The normalized spacial score (nSPS) is 24.7. The average molecular weight is 228 g/mol. The summed E-state index contributed by atoms with van der Waals surface area (Å²) in [6.07, 6.45) is 6.18. The molecule has 2 aliphatic rings. The summed E-state index contributed by atoms with van der Waals surface area (Å²) in [5, 5.41) is 2.36. The molecule has 4 nitrogen and oxygen atoms in total. The first-order chi connectivity index (χ1) is 7.15. The zero-order valence-corrected chi connectivity index (χ0v) is 9.73.